The Morgan fingerprint density at radius 3 is 1.97 bits per heavy atom. The number of hydrogen-bond donors (Lipinski definition) is 0. The Morgan fingerprint density at radius 2 is 1.33 bits per heavy atom. The number of carbonyl (C=O) groups is 2. The van der Waals surface area contributed by atoms with E-state index in [1.54, 1.807) is 65.6 Å². The van der Waals surface area contributed by atoms with E-state index in [1.807, 2.05) is 42.5 Å². The molecule has 36 heavy (non-hydrogen) atoms. The van der Waals surface area contributed by atoms with Gasteiger partial charge >= 0.3 is 5.97 Å². The van der Waals surface area contributed by atoms with Crippen LogP contribution in [0.15, 0.2) is 103 Å². The smallest absolute Gasteiger partial charge is 0.337 e. The van der Waals surface area contributed by atoms with E-state index >= 15 is 0 Å². The fraction of sp³-hybridized carbons (Fsp3) is 0.100. The second-order valence-electron chi connectivity index (χ2n) is 8.07. The number of para-hydroxylation sites is 1. The van der Waals surface area contributed by atoms with Gasteiger partial charge in [-0.15, -0.1) is 0 Å². The summed E-state index contributed by atoms with van der Waals surface area (Å²) in [5.74, 6) is 0.445. The summed E-state index contributed by atoms with van der Waals surface area (Å²) in [6, 6.07) is 32.7. The van der Waals surface area contributed by atoms with Crippen molar-refractivity contribution in [1.82, 2.24) is 4.90 Å². The minimum absolute atomic E-state index is 0.139. The molecule has 0 atom stereocenters. The summed E-state index contributed by atoms with van der Waals surface area (Å²) < 4.78 is 10.6. The van der Waals surface area contributed by atoms with E-state index in [0.717, 1.165) is 11.1 Å². The highest BCUT2D eigenvalue weighted by molar-refractivity contribution is 5.94. The van der Waals surface area contributed by atoms with E-state index in [4.69, 9.17) is 9.47 Å². The van der Waals surface area contributed by atoms with E-state index in [2.05, 4.69) is 6.07 Å². The molecule has 0 N–H and O–H groups in total. The maximum Gasteiger partial charge on any atom is 0.337 e. The van der Waals surface area contributed by atoms with Gasteiger partial charge in [0.15, 0.2) is 0 Å². The Labute approximate surface area is 209 Å². The molecule has 0 aliphatic rings. The Balaban J connectivity index is 1.54. The lowest BCUT2D eigenvalue weighted by atomic mass is 10.1. The molecule has 0 spiro atoms. The normalized spacial score (nSPS) is 10.2. The second-order valence-corrected chi connectivity index (χ2v) is 8.07. The molecule has 6 nitrogen and oxygen atoms in total. The average molecular weight is 477 g/mol. The van der Waals surface area contributed by atoms with Crippen LogP contribution in [0.2, 0.25) is 0 Å². The van der Waals surface area contributed by atoms with Gasteiger partial charge in [0.25, 0.3) is 5.91 Å². The van der Waals surface area contributed by atoms with Crippen molar-refractivity contribution in [2.24, 2.45) is 0 Å². The van der Waals surface area contributed by atoms with Gasteiger partial charge in [-0.1, -0.05) is 54.6 Å². The molecular weight excluding hydrogens is 452 g/mol. The van der Waals surface area contributed by atoms with Crippen molar-refractivity contribution in [2.45, 2.75) is 13.1 Å². The highest BCUT2D eigenvalue weighted by atomic mass is 16.5. The van der Waals surface area contributed by atoms with Crippen LogP contribution in [0, 0.1) is 11.3 Å². The molecule has 0 aliphatic carbocycles. The zero-order valence-corrected chi connectivity index (χ0v) is 19.8. The van der Waals surface area contributed by atoms with Crippen LogP contribution in [0.4, 0.5) is 0 Å². The van der Waals surface area contributed by atoms with Gasteiger partial charge in [-0.25, -0.2) is 4.79 Å². The molecule has 0 saturated carbocycles. The topological polar surface area (TPSA) is 79.6 Å². The van der Waals surface area contributed by atoms with Gasteiger partial charge in [0.05, 0.1) is 18.2 Å². The van der Waals surface area contributed by atoms with Crippen LogP contribution in [-0.2, 0) is 17.8 Å². The zero-order chi connectivity index (χ0) is 25.3. The molecule has 0 saturated heterocycles. The highest BCUT2D eigenvalue weighted by Crippen LogP contribution is 2.25. The lowest BCUT2D eigenvalue weighted by molar-refractivity contribution is 0.0600. The Bertz CT molecular complexity index is 1380. The van der Waals surface area contributed by atoms with Crippen molar-refractivity contribution in [2.75, 3.05) is 7.11 Å². The van der Waals surface area contributed by atoms with Crippen LogP contribution >= 0.6 is 0 Å². The van der Waals surface area contributed by atoms with Gasteiger partial charge in [0, 0.05) is 18.7 Å². The zero-order valence-electron chi connectivity index (χ0n) is 19.8. The SMILES string of the molecule is COC(=O)c1ccc(CN(Cc2ccccc2)C(=O)c2ccc(Oc3ccccc3C#N)cc2)cc1. The number of benzene rings is 4. The largest absolute Gasteiger partial charge is 0.465 e. The molecule has 178 valence electrons. The van der Waals surface area contributed by atoms with Crippen LogP contribution in [0.25, 0.3) is 0 Å². The third-order valence-electron chi connectivity index (χ3n) is 5.59. The van der Waals surface area contributed by atoms with Crippen LogP contribution in [0.5, 0.6) is 11.5 Å². The molecule has 6 heteroatoms. The first-order valence-electron chi connectivity index (χ1n) is 11.3. The minimum Gasteiger partial charge on any atom is -0.465 e. The number of rotatable bonds is 8. The Kier molecular flexibility index (Phi) is 7.74. The maximum atomic E-state index is 13.5. The lowest BCUT2D eigenvalue weighted by Crippen LogP contribution is -2.30. The first kappa shape index (κ1) is 24.2. The van der Waals surface area contributed by atoms with Crippen molar-refractivity contribution < 1.29 is 19.1 Å². The van der Waals surface area contributed by atoms with E-state index in [0.29, 0.717) is 41.3 Å². The van der Waals surface area contributed by atoms with E-state index in [9.17, 15) is 14.9 Å². The van der Waals surface area contributed by atoms with Crippen LogP contribution in [-0.4, -0.2) is 23.9 Å². The van der Waals surface area contributed by atoms with Crippen molar-refractivity contribution in [3.63, 3.8) is 0 Å². The summed E-state index contributed by atoms with van der Waals surface area (Å²) in [5, 5.41) is 9.27. The van der Waals surface area contributed by atoms with Crippen LogP contribution in [0.1, 0.15) is 37.4 Å². The molecule has 0 unspecified atom stereocenters. The van der Waals surface area contributed by atoms with Crippen molar-refractivity contribution >= 4 is 11.9 Å². The molecule has 4 rings (SSSR count). The molecule has 0 bridgehead atoms. The molecule has 1 amide bonds. The number of ether oxygens (including phenoxy) is 2. The summed E-state index contributed by atoms with van der Waals surface area (Å²) in [7, 11) is 1.34. The highest BCUT2D eigenvalue weighted by Gasteiger charge is 2.18. The summed E-state index contributed by atoms with van der Waals surface area (Å²) in [5.41, 5.74) is 3.30. The molecule has 4 aromatic carbocycles. The van der Waals surface area contributed by atoms with Gasteiger partial charge in [0.1, 0.15) is 17.6 Å². The number of methoxy groups -OCH3 is 1. The molecule has 0 aliphatic heterocycles. The Morgan fingerprint density at radius 1 is 0.750 bits per heavy atom. The summed E-state index contributed by atoms with van der Waals surface area (Å²) in [6.45, 7) is 0.787. The molecule has 0 fully saturated rings. The van der Waals surface area contributed by atoms with E-state index in [1.165, 1.54) is 7.11 Å². The average Bonchev–Trinajstić information content (AvgIpc) is 2.93. The predicted octanol–water partition coefficient (Wildman–Crippen LogP) is 5.98. The molecular formula is C30H24N2O4. The molecule has 0 aromatic heterocycles. The summed E-state index contributed by atoms with van der Waals surface area (Å²) >= 11 is 0. The minimum atomic E-state index is -0.404. The van der Waals surface area contributed by atoms with Gasteiger partial charge in [-0.05, 0) is 59.7 Å². The second kappa shape index (κ2) is 11.5. The van der Waals surface area contributed by atoms with Crippen LogP contribution < -0.4 is 4.74 Å². The standard InChI is InChI=1S/C30H24N2O4/c1-35-30(34)25-13-11-23(12-14-25)21-32(20-22-7-3-2-4-8-22)29(33)24-15-17-27(18-16-24)36-28-10-6-5-9-26(28)19-31/h2-18H,20-21H2,1H3. The number of amides is 1. The van der Waals surface area contributed by atoms with E-state index in [-0.39, 0.29) is 5.91 Å². The molecule has 4 aromatic rings. The third kappa shape index (κ3) is 5.96. The maximum absolute atomic E-state index is 13.5. The fourth-order valence-corrected chi connectivity index (χ4v) is 3.71. The van der Waals surface area contributed by atoms with E-state index < -0.39 is 5.97 Å². The number of carbonyl (C=O) groups excluding carboxylic acids is 2. The first-order valence-corrected chi connectivity index (χ1v) is 11.3. The lowest BCUT2D eigenvalue weighted by Gasteiger charge is -2.23. The predicted molar refractivity (Wildman–Crippen MR) is 135 cm³/mol. The monoisotopic (exact) mass is 476 g/mol. The van der Waals surface area contributed by atoms with Crippen LogP contribution in [0.3, 0.4) is 0 Å². The number of nitrogens with zero attached hydrogens (tertiary/aromatic N) is 2. The van der Waals surface area contributed by atoms with Gasteiger partial charge in [-0.3, -0.25) is 4.79 Å². The summed E-state index contributed by atoms with van der Waals surface area (Å²) in [4.78, 5) is 27.0. The van der Waals surface area contributed by atoms with Gasteiger partial charge < -0.3 is 14.4 Å². The number of esters is 1. The number of nitriles is 1. The van der Waals surface area contributed by atoms with Crippen molar-refractivity contribution in [1.29, 1.82) is 5.26 Å². The summed E-state index contributed by atoms with van der Waals surface area (Å²) in [6.07, 6.45) is 0. The Hall–Kier alpha value is -4.89. The van der Waals surface area contributed by atoms with Crippen molar-refractivity contribution in [3.05, 3.63) is 131 Å². The van der Waals surface area contributed by atoms with Crippen molar-refractivity contribution in [3.8, 4) is 17.6 Å². The quantitative estimate of drug-likeness (QED) is 0.292. The van der Waals surface area contributed by atoms with Gasteiger partial charge in [-0.2, -0.15) is 5.26 Å². The van der Waals surface area contributed by atoms with Gasteiger partial charge in [0.2, 0.25) is 0 Å². The first-order chi connectivity index (χ1) is 17.6. The fourth-order valence-electron chi connectivity index (χ4n) is 3.71. The molecule has 0 radical (unpaired) electrons. The number of hydrogen-bond acceptors (Lipinski definition) is 5. The third-order valence-corrected chi connectivity index (χ3v) is 5.59. The molecule has 0 heterocycles.